The van der Waals surface area contributed by atoms with Crippen molar-refractivity contribution in [3.05, 3.63) is 83.9 Å². The first kappa shape index (κ1) is 40.6. The van der Waals surface area contributed by atoms with Crippen molar-refractivity contribution < 1.29 is 33.3 Å². The highest BCUT2D eigenvalue weighted by molar-refractivity contribution is 5.93. The van der Waals surface area contributed by atoms with Crippen LogP contribution in [-0.4, -0.2) is 37.2 Å². The molecule has 0 aliphatic heterocycles. The molecule has 7 nitrogen and oxygen atoms in total. The molecule has 4 rings (SSSR count). The fraction of sp³-hybridized carbons (Fsp3) is 0.533. The van der Waals surface area contributed by atoms with E-state index in [0.29, 0.717) is 48.2 Å². The standard InChI is InChI=1S/C45H60O7/c1-3-4-5-14-20-35(2)51-44(47)38-25-28-40(29-26-38)52-45(48)39-27-30-41(37-23-15-13-16-24-37)42(34-39)49-31-17-11-9-7-6-8-10-12-18-32-50-43(46)33-36-21-19-22-36/h13,15-16,23-30,34-36H,3-12,14,17-22,31-33H2,1-2H3. The van der Waals surface area contributed by atoms with E-state index in [0.717, 1.165) is 62.5 Å². The first-order valence-corrected chi connectivity index (χ1v) is 19.9. The van der Waals surface area contributed by atoms with E-state index in [1.54, 1.807) is 36.4 Å². The number of carbonyl (C=O) groups is 3. The fourth-order valence-corrected chi connectivity index (χ4v) is 6.42. The van der Waals surface area contributed by atoms with Gasteiger partial charge in [0.15, 0.2) is 0 Å². The zero-order valence-corrected chi connectivity index (χ0v) is 31.6. The van der Waals surface area contributed by atoms with Gasteiger partial charge in [-0.25, -0.2) is 9.59 Å². The molecule has 1 fully saturated rings. The van der Waals surface area contributed by atoms with Gasteiger partial charge >= 0.3 is 17.9 Å². The third-order valence-corrected chi connectivity index (χ3v) is 9.86. The van der Waals surface area contributed by atoms with E-state index in [1.807, 2.05) is 43.3 Å². The van der Waals surface area contributed by atoms with E-state index in [9.17, 15) is 14.4 Å². The van der Waals surface area contributed by atoms with Crippen LogP contribution in [0.1, 0.15) is 150 Å². The molecular weight excluding hydrogens is 652 g/mol. The van der Waals surface area contributed by atoms with Crippen molar-refractivity contribution in [1.82, 2.24) is 0 Å². The van der Waals surface area contributed by atoms with Gasteiger partial charge in [0.1, 0.15) is 11.5 Å². The van der Waals surface area contributed by atoms with Gasteiger partial charge in [-0.2, -0.15) is 0 Å². The highest BCUT2D eigenvalue weighted by atomic mass is 16.5. The summed E-state index contributed by atoms with van der Waals surface area (Å²) in [6, 6.07) is 21.9. The number of unbranched alkanes of at least 4 members (excludes halogenated alkanes) is 11. The topological polar surface area (TPSA) is 88.1 Å². The molecule has 0 N–H and O–H groups in total. The first-order valence-electron chi connectivity index (χ1n) is 19.9. The summed E-state index contributed by atoms with van der Waals surface area (Å²) in [5, 5.41) is 0. The molecule has 3 aromatic carbocycles. The van der Waals surface area contributed by atoms with Crippen molar-refractivity contribution in [2.75, 3.05) is 13.2 Å². The quantitative estimate of drug-likeness (QED) is 0.0491. The van der Waals surface area contributed by atoms with Gasteiger partial charge in [-0.15, -0.1) is 0 Å². The van der Waals surface area contributed by atoms with Gasteiger partial charge in [0.2, 0.25) is 0 Å². The van der Waals surface area contributed by atoms with Crippen LogP contribution in [0.2, 0.25) is 0 Å². The predicted molar refractivity (Wildman–Crippen MR) is 207 cm³/mol. The summed E-state index contributed by atoms with van der Waals surface area (Å²) in [5.41, 5.74) is 2.75. The number of esters is 3. The maximum absolute atomic E-state index is 13.2. The summed E-state index contributed by atoms with van der Waals surface area (Å²) in [4.78, 5) is 37.6. The van der Waals surface area contributed by atoms with Crippen molar-refractivity contribution >= 4 is 17.9 Å². The minimum Gasteiger partial charge on any atom is -0.493 e. The van der Waals surface area contributed by atoms with E-state index >= 15 is 0 Å². The van der Waals surface area contributed by atoms with E-state index in [1.165, 1.54) is 57.8 Å². The highest BCUT2D eigenvalue weighted by Crippen LogP contribution is 2.32. The lowest BCUT2D eigenvalue weighted by atomic mass is 9.83. The summed E-state index contributed by atoms with van der Waals surface area (Å²) in [7, 11) is 0. The Morgan fingerprint density at radius 2 is 1.33 bits per heavy atom. The molecule has 1 aliphatic carbocycles. The molecular formula is C45H60O7. The normalized spacial score (nSPS) is 13.2. The number of hydrogen-bond donors (Lipinski definition) is 0. The Bertz CT molecular complexity index is 1480. The van der Waals surface area contributed by atoms with E-state index < -0.39 is 5.97 Å². The smallest absolute Gasteiger partial charge is 0.343 e. The molecule has 7 heteroatoms. The van der Waals surface area contributed by atoms with Crippen LogP contribution in [0.3, 0.4) is 0 Å². The molecule has 0 spiro atoms. The van der Waals surface area contributed by atoms with Gasteiger partial charge < -0.3 is 18.9 Å². The molecule has 3 aromatic rings. The van der Waals surface area contributed by atoms with Crippen molar-refractivity contribution in [1.29, 1.82) is 0 Å². The van der Waals surface area contributed by atoms with Gasteiger partial charge in [0, 0.05) is 12.0 Å². The van der Waals surface area contributed by atoms with Crippen LogP contribution in [0.5, 0.6) is 11.5 Å². The molecule has 0 amide bonds. The van der Waals surface area contributed by atoms with Crippen LogP contribution >= 0.6 is 0 Å². The molecule has 0 radical (unpaired) electrons. The van der Waals surface area contributed by atoms with Crippen molar-refractivity contribution in [3.8, 4) is 22.6 Å². The lowest BCUT2D eigenvalue weighted by Crippen LogP contribution is -2.17. The fourth-order valence-electron chi connectivity index (χ4n) is 6.42. The van der Waals surface area contributed by atoms with E-state index in [4.69, 9.17) is 18.9 Å². The monoisotopic (exact) mass is 712 g/mol. The molecule has 1 unspecified atom stereocenters. The number of benzene rings is 3. The lowest BCUT2D eigenvalue weighted by molar-refractivity contribution is -0.145. The average molecular weight is 713 g/mol. The van der Waals surface area contributed by atoms with Crippen LogP contribution in [0.4, 0.5) is 0 Å². The maximum Gasteiger partial charge on any atom is 0.343 e. The summed E-state index contributed by atoms with van der Waals surface area (Å²) >= 11 is 0. The second-order valence-corrected chi connectivity index (χ2v) is 14.3. The molecule has 0 bridgehead atoms. The van der Waals surface area contributed by atoms with Gasteiger partial charge in [-0.05, 0) is 99.4 Å². The third kappa shape index (κ3) is 14.8. The average Bonchev–Trinajstić information content (AvgIpc) is 3.14. The van der Waals surface area contributed by atoms with Gasteiger partial charge in [0.25, 0.3) is 0 Å². The molecule has 0 saturated heterocycles. The maximum atomic E-state index is 13.2. The Labute approximate surface area is 311 Å². The number of carbonyl (C=O) groups excluding carboxylic acids is 3. The van der Waals surface area contributed by atoms with Crippen LogP contribution in [0, 0.1) is 5.92 Å². The third-order valence-electron chi connectivity index (χ3n) is 9.86. The zero-order valence-electron chi connectivity index (χ0n) is 31.6. The zero-order chi connectivity index (χ0) is 36.8. The van der Waals surface area contributed by atoms with Crippen LogP contribution in [0.25, 0.3) is 11.1 Å². The predicted octanol–water partition coefficient (Wildman–Crippen LogP) is 11.7. The number of hydrogen-bond acceptors (Lipinski definition) is 7. The van der Waals surface area contributed by atoms with Gasteiger partial charge in [-0.3, -0.25) is 4.79 Å². The van der Waals surface area contributed by atoms with Crippen LogP contribution < -0.4 is 9.47 Å². The molecule has 1 saturated carbocycles. The van der Waals surface area contributed by atoms with Gasteiger partial charge in [0.05, 0.1) is 30.4 Å². The van der Waals surface area contributed by atoms with Crippen LogP contribution in [0.15, 0.2) is 72.8 Å². The Morgan fingerprint density at radius 1 is 0.692 bits per heavy atom. The molecule has 0 aromatic heterocycles. The van der Waals surface area contributed by atoms with Crippen molar-refractivity contribution in [2.45, 2.75) is 136 Å². The Hall–Kier alpha value is -4.13. The molecule has 0 heterocycles. The summed E-state index contributed by atoms with van der Waals surface area (Å²) < 4.78 is 22.9. The lowest BCUT2D eigenvalue weighted by Gasteiger charge is -2.23. The summed E-state index contributed by atoms with van der Waals surface area (Å²) in [5.74, 6) is 0.688. The van der Waals surface area contributed by atoms with Crippen molar-refractivity contribution in [3.63, 3.8) is 0 Å². The van der Waals surface area contributed by atoms with Crippen molar-refractivity contribution in [2.24, 2.45) is 5.92 Å². The largest absolute Gasteiger partial charge is 0.493 e. The molecule has 52 heavy (non-hydrogen) atoms. The first-order chi connectivity index (χ1) is 25.4. The summed E-state index contributed by atoms with van der Waals surface area (Å²) in [6.45, 7) is 5.22. The van der Waals surface area contributed by atoms with Gasteiger partial charge in [-0.1, -0.05) is 108 Å². The Morgan fingerprint density at radius 3 is 1.98 bits per heavy atom. The summed E-state index contributed by atoms with van der Waals surface area (Å²) in [6.07, 6.45) is 19.6. The second-order valence-electron chi connectivity index (χ2n) is 14.3. The number of rotatable bonds is 25. The minimum atomic E-state index is -0.495. The SMILES string of the molecule is CCCCCCC(C)OC(=O)c1ccc(OC(=O)c2ccc(-c3ccccc3)c(OCCCCCCCCCCCOC(=O)CC3CCC3)c2)cc1. The Balaban J connectivity index is 1.16. The van der Waals surface area contributed by atoms with E-state index in [2.05, 4.69) is 6.92 Å². The van der Waals surface area contributed by atoms with E-state index in [-0.39, 0.29) is 18.0 Å². The number of ether oxygens (including phenoxy) is 4. The second kappa shape index (κ2) is 23.4. The minimum absolute atomic E-state index is 0.0164. The molecule has 1 aliphatic rings. The molecule has 282 valence electrons. The Kier molecular flexibility index (Phi) is 18.3. The highest BCUT2D eigenvalue weighted by Gasteiger charge is 2.21. The molecule has 1 atom stereocenters. The van der Waals surface area contributed by atoms with Crippen LogP contribution in [-0.2, 0) is 14.3 Å².